The Morgan fingerprint density at radius 3 is 2.60 bits per heavy atom. The van der Waals surface area contributed by atoms with Crippen molar-refractivity contribution in [1.82, 2.24) is 0 Å². The first-order chi connectivity index (χ1) is 9.88. The summed E-state index contributed by atoms with van der Waals surface area (Å²) in [5.41, 5.74) is 3.52. The SMILES string of the molecule is COc1c(CCCc2ccccc2)ccc2occc12. The van der Waals surface area contributed by atoms with Crippen LogP contribution in [0.3, 0.4) is 0 Å². The second kappa shape index (κ2) is 5.83. The first kappa shape index (κ1) is 12.8. The molecule has 3 rings (SSSR count). The van der Waals surface area contributed by atoms with Gasteiger partial charge < -0.3 is 9.15 Å². The molecule has 0 N–H and O–H groups in total. The van der Waals surface area contributed by atoms with Gasteiger partial charge in [0.25, 0.3) is 0 Å². The Balaban J connectivity index is 1.74. The molecule has 0 saturated heterocycles. The molecular weight excluding hydrogens is 248 g/mol. The lowest BCUT2D eigenvalue weighted by atomic mass is 10.0. The van der Waals surface area contributed by atoms with Crippen LogP contribution < -0.4 is 4.74 Å². The molecule has 2 nitrogen and oxygen atoms in total. The molecule has 102 valence electrons. The second-order valence-electron chi connectivity index (χ2n) is 4.93. The van der Waals surface area contributed by atoms with Crippen molar-refractivity contribution in [1.29, 1.82) is 0 Å². The highest BCUT2D eigenvalue weighted by Gasteiger charge is 2.09. The standard InChI is InChI=1S/C18H18O2/c1-19-18-15(10-11-17-16(18)12-13-20-17)9-5-8-14-6-3-2-4-7-14/h2-4,6-7,10-13H,5,8-9H2,1H3. The van der Waals surface area contributed by atoms with Gasteiger partial charge in [0, 0.05) is 0 Å². The van der Waals surface area contributed by atoms with Crippen LogP contribution >= 0.6 is 0 Å². The van der Waals surface area contributed by atoms with E-state index in [1.165, 1.54) is 11.1 Å². The van der Waals surface area contributed by atoms with Crippen LogP contribution in [-0.2, 0) is 12.8 Å². The highest BCUT2D eigenvalue weighted by molar-refractivity contribution is 5.85. The van der Waals surface area contributed by atoms with E-state index in [1.54, 1.807) is 13.4 Å². The molecule has 2 aromatic carbocycles. The van der Waals surface area contributed by atoms with Gasteiger partial charge in [-0.2, -0.15) is 0 Å². The molecule has 0 aliphatic rings. The molecule has 0 unspecified atom stereocenters. The predicted octanol–water partition coefficient (Wildman–Crippen LogP) is 4.62. The Morgan fingerprint density at radius 1 is 0.950 bits per heavy atom. The quantitative estimate of drug-likeness (QED) is 0.672. The van der Waals surface area contributed by atoms with E-state index < -0.39 is 0 Å². The van der Waals surface area contributed by atoms with Gasteiger partial charge in [-0.1, -0.05) is 36.4 Å². The smallest absolute Gasteiger partial charge is 0.137 e. The summed E-state index contributed by atoms with van der Waals surface area (Å²) in [6, 6.07) is 16.7. The molecule has 0 fully saturated rings. The van der Waals surface area contributed by atoms with Crippen LogP contribution in [0.5, 0.6) is 5.75 Å². The molecular formula is C18H18O2. The Morgan fingerprint density at radius 2 is 1.80 bits per heavy atom. The van der Waals surface area contributed by atoms with E-state index in [9.17, 15) is 0 Å². The predicted molar refractivity (Wildman–Crippen MR) is 81.2 cm³/mol. The summed E-state index contributed by atoms with van der Waals surface area (Å²) in [4.78, 5) is 0. The van der Waals surface area contributed by atoms with E-state index in [0.29, 0.717) is 0 Å². The van der Waals surface area contributed by atoms with Gasteiger partial charge in [0.15, 0.2) is 0 Å². The normalized spacial score (nSPS) is 10.8. The summed E-state index contributed by atoms with van der Waals surface area (Å²) in [6.07, 6.45) is 4.93. The zero-order chi connectivity index (χ0) is 13.8. The van der Waals surface area contributed by atoms with Gasteiger partial charge in [-0.25, -0.2) is 0 Å². The average Bonchev–Trinajstić information content (AvgIpc) is 2.96. The van der Waals surface area contributed by atoms with Crippen molar-refractivity contribution < 1.29 is 9.15 Å². The van der Waals surface area contributed by atoms with Crippen molar-refractivity contribution in [2.75, 3.05) is 7.11 Å². The first-order valence-electron chi connectivity index (χ1n) is 6.95. The van der Waals surface area contributed by atoms with Crippen molar-refractivity contribution in [3.8, 4) is 5.75 Å². The molecule has 1 aromatic heterocycles. The number of aryl methyl sites for hydroxylation is 2. The van der Waals surface area contributed by atoms with Gasteiger partial charge in [-0.15, -0.1) is 0 Å². The number of methoxy groups -OCH3 is 1. The highest BCUT2D eigenvalue weighted by atomic mass is 16.5. The van der Waals surface area contributed by atoms with E-state index in [2.05, 4.69) is 36.4 Å². The summed E-state index contributed by atoms with van der Waals surface area (Å²) in [5, 5.41) is 1.06. The lowest BCUT2D eigenvalue weighted by molar-refractivity contribution is 0.414. The maximum absolute atomic E-state index is 5.56. The molecule has 0 radical (unpaired) electrons. The number of furan rings is 1. The minimum Gasteiger partial charge on any atom is -0.496 e. The van der Waals surface area contributed by atoms with Crippen LogP contribution in [-0.4, -0.2) is 7.11 Å². The summed E-state index contributed by atoms with van der Waals surface area (Å²) in [5.74, 6) is 0.948. The van der Waals surface area contributed by atoms with Crippen LogP contribution in [0.2, 0.25) is 0 Å². The van der Waals surface area contributed by atoms with E-state index in [1.807, 2.05) is 12.1 Å². The number of hydrogen-bond acceptors (Lipinski definition) is 2. The first-order valence-corrected chi connectivity index (χ1v) is 6.95. The number of fused-ring (bicyclic) bond motifs is 1. The molecule has 0 spiro atoms. The summed E-state index contributed by atoms with van der Waals surface area (Å²) < 4.78 is 11.0. The molecule has 1 heterocycles. The fraction of sp³-hybridized carbons (Fsp3) is 0.222. The Kier molecular flexibility index (Phi) is 3.73. The molecule has 0 aliphatic carbocycles. The van der Waals surface area contributed by atoms with Crippen LogP contribution in [0.1, 0.15) is 17.5 Å². The number of rotatable bonds is 5. The fourth-order valence-corrected chi connectivity index (χ4v) is 2.63. The zero-order valence-corrected chi connectivity index (χ0v) is 11.6. The number of hydrogen-bond donors (Lipinski definition) is 0. The summed E-state index contributed by atoms with van der Waals surface area (Å²) >= 11 is 0. The maximum atomic E-state index is 5.56. The third kappa shape index (κ3) is 2.55. The minimum absolute atomic E-state index is 0.883. The van der Waals surface area contributed by atoms with E-state index >= 15 is 0 Å². The van der Waals surface area contributed by atoms with E-state index in [0.717, 1.165) is 36.0 Å². The number of benzene rings is 2. The second-order valence-corrected chi connectivity index (χ2v) is 4.93. The van der Waals surface area contributed by atoms with Gasteiger partial charge in [-0.05, 0) is 42.5 Å². The van der Waals surface area contributed by atoms with Gasteiger partial charge in [0.2, 0.25) is 0 Å². The van der Waals surface area contributed by atoms with Crippen molar-refractivity contribution in [2.24, 2.45) is 0 Å². The molecule has 0 saturated carbocycles. The Labute approximate surface area is 119 Å². The van der Waals surface area contributed by atoms with Crippen molar-refractivity contribution >= 4 is 11.0 Å². The van der Waals surface area contributed by atoms with Gasteiger partial charge in [0.05, 0.1) is 18.8 Å². The van der Waals surface area contributed by atoms with Crippen molar-refractivity contribution in [3.63, 3.8) is 0 Å². The molecule has 0 atom stereocenters. The molecule has 2 heteroatoms. The monoisotopic (exact) mass is 266 g/mol. The lowest BCUT2D eigenvalue weighted by Crippen LogP contribution is -1.94. The Bertz CT molecular complexity index is 683. The largest absolute Gasteiger partial charge is 0.496 e. The van der Waals surface area contributed by atoms with Crippen LogP contribution in [0.25, 0.3) is 11.0 Å². The van der Waals surface area contributed by atoms with Crippen LogP contribution in [0.4, 0.5) is 0 Å². The number of ether oxygens (including phenoxy) is 1. The fourth-order valence-electron chi connectivity index (χ4n) is 2.63. The summed E-state index contributed by atoms with van der Waals surface area (Å²) in [6.45, 7) is 0. The van der Waals surface area contributed by atoms with E-state index in [4.69, 9.17) is 9.15 Å². The van der Waals surface area contributed by atoms with Gasteiger partial charge >= 0.3 is 0 Å². The van der Waals surface area contributed by atoms with Crippen molar-refractivity contribution in [3.05, 3.63) is 65.9 Å². The topological polar surface area (TPSA) is 22.4 Å². The van der Waals surface area contributed by atoms with E-state index in [-0.39, 0.29) is 0 Å². The summed E-state index contributed by atoms with van der Waals surface area (Å²) in [7, 11) is 1.72. The minimum atomic E-state index is 0.883. The third-order valence-corrected chi connectivity index (χ3v) is 3.63. The van der Waals surface area contributed by atoms with Crippen molar-refractivity contribution in [2.45, 2.75) is 19.3 Å². The van der Waals surface area contributed by atoms with Crippen LogP contribution in [0, 0.1) is 0 Å². The molecule has 20 heavy (non-hydrogen) atoms. The highest BCUT2D eigenvalue weighted by Crippen LogP contribution is 2.31. The average molecular weight is 266 g/mol. The molecule has 3 aromatic rings. The lowest BCUT2D eigenvalue weighted by Gasteiger charge is -2.09. The van der Waals surface area contributed by atoms with Gasteiger partial charge in [-0.3, -0.25) is 0 Å². The molecule has 0 amide bonds. The molecule has 0 aliphatic heterocycles. The third-order valence-electron chi connectivity index (χ3n) is 3.63. The van der Waals surface area contributed by atoms with Crippen LogP contribution in [0.15, 0.2) is 59.2 Å². The Hall–Kier alpha value is -2.22. The zero-order valence-electron chi connectivity index (χ0n) is 11.6. The maximum Gasteiger partial charge on any atom is 0.137 e. The molecule has 0 bridgehead atoms. The van der Waals surface area contributed by atoms with Gasteiger partial charge in [0.1, 0.15) is 11.3 Å².